The number of aliphatic hydroxyl groups excluding tert-OH is 3. The van der Waals surface area contributed by atoms with Crippen LogP contribution in [-0.4, -0.2) is 68.3 Å². The fourth-order valence-electron chi connectivity index (χ4n) is 3.16. The van der Waals surface area contributed by atoms with E-state index in [9.17, 15) is 25.5 Å². The summed E-state index contributed by atoms with van der Waals surface area (Å²) in [4.78, 5) is 0. The van der Waals surface area contributed by atoms with E-state index in [1.165, 1.54) is 6.26 Å². The van der Waals surface area contributed by atoms with Gasteiger partial charge < -0.3 is 39.7 Å². The van der Waals surface area contributed by atoms with Crippen molar-refractivity contribution in [2.75, 3.05) is 6.61 Å². The molecule has 8 heteroatoms. The number of rotatable bonds is 3. The lowest BCUT2D eigenvalue weighted by Crippen LogP contribution is -2.73. The normalized spacial score (nSPS) is 52.3. The Morgan fingerprint density at radius 3 is 2.65 bits per heavy atom. The van der Waals surface area contributed by atoms with E-state index in [-0.39, 0.29) is 11.8 Å². The minimum absolute atomic E-state index is 0.0856. The van der Waals surface area contributed by atoms with E-state index in [0.717, 1.165) is 13.3 Å². The summed E-state index contributed by atoms with van der Waals surface area (Å²) in [7, 11) is 0. The van der Waals surface area contributed by atoms with Crippen LogP contribution in [0.3, 0.4) is 0 Å². The maximum atomic E-state index is 10.2. The van der Waals surface area contributed by atoms with Crippen LogP contribution in [0.2, 0.25) is 0 Å². The van der Waals surface area contributed by atoms with E-state index in [2.05, 4.69) is 0 Å². The molecule has 2 aliphatic heterocycles. The third-order valence-corrected chi connectivity index (χ3v) is 4.88. The highest BCUT2D eigenvalue weighted by Crippen LogP contribution is 2.40. The third-order valence-electron chi connectivity index (χ3n) is 4.88. The lowest BCUT2D eigenvalue weighted by Gasteiger charge is -2.51. The summed E-state index contributed by atoms with van der Waals surface area (Å²) in [5, 5.41) is 49.9. The number of allylic oxidation sites excluding steroid dienone is 2. The maximum Gasteiger partial charge on any atom is 0.223 e. The highest BCUT2D eigenvalue weighted by Gasteiger charge is 2.61. The van der Waals surface area contributed by atoms with E-state index in [1.54, 1.807) is 0 Å². The van der Waals surface area contributed by atoms with Gasteiger partial charge in [0.2, 0.25) is 12.1 Å². The topological polar surface area (TPSA) is 129 Å². The van der Waals surface area contributed by atoms with Gasteiger partial charge in [-0.1, -0.05) is 12.2 Å². The number of hydrogen-bond donors (Lipinski definition) is 5. The third kappa shape index (κ3) is 2.60. The molecule has 0 spiro atoms. The van der Waals surface area contributed by atoms with Gasteiger partial charge in [-0.2, -0.15) is 0 Å². The molecule has 0 aromatic heterocycles. The van der Waals surface area contributed by atoms with Gasteiger partial charge in [-0.05, 0) is 25.3 Å². The van der Waals surface area contributed by atoms with E-state index >= 15 is 0 Å². The van der Waals surface area contributed by atoms with Crippen LogP contribution in [-0.2, 0) is 14.2 Å². The van der Waals surface area contributed by atoms with Crippen molar-refractivity contribution in [2.24, 2.45) is 11.8 Å². The van der Waals surface area contributed by atoms with Gasteiger partial charge in [-0.25, -0.2) is 0 Å². The molecule has 3 aliphatic rings. The van der Waals surface area contributed by atoms with Crippen LogP contribution < -0.4 is 0 Å². The molecule has 8 nitrogen and oxygen atoms in total. The molecular formula is C15H22O8. The first-order valence-electron chi connectivity index (χ1n) is 7.54. The SMILES string of the molecule is C[C@]1(O)[C@H](O)[C@@H](O)[C@@H](OC2OC=C[C@@H]3CC=C[C@@H]23)O[C@]1(O)CO. The molecule has 130 valence electrons. The molecule has 8 atom stereocenters. The molecule has 1 fully saturated rings. The van der Waals surface area contributed by atoms with Crippen molar-refractivity contribution in [2.45, 2.75) is 49.5 Å². The average molecular weight is 330 g/mol. The summed E-state index contributed by atoms with van der Waals surface area (Å²) in [5.74, 6) is -2.36. The second kappa shape index (κ2) is 5.82. The van der Waals surface area contributed by atoms with Crippen LogP contribution in [0.15, 0.2) is 24.5 Å². The fourth-order valence-corrected chi connectivity index (χ4v) is 3.16. The zero-order valence-corrected chi connectivity index (χ0v) is 12.6. The Morgan fingerprint density at radius 1 is 1.22 bits per heavy atom. The van der Waals surface area contributed by atoms with Crippen molar-refractivity contribution < 1.29 is 39.7 Å². The highest BCUT2D eigenvalue weighted by atomic mass is 16.8. The van der Waals surface area contributed by atoms with Crippen LogP contribution >= 0.6 is 0 Å². The lowest BCUT2D eigenvalue weighted by molar-refractivity contribution is -0.438. The Bertz CT molecular complexity index is 504. The van der Waals surface area contributed by atoms with Gasteiger partial charge in [-0.15, -0.1) is 0 Å². The van der Waals surface area contributed by atoms with Gasteiger partial charge in [0.1, 0.15) is 24.4 Å². The Labute approximate surface area is 133 Å². The summed E-state index contributed by atoms with van der Waals surface area (Å²) in [6.45, 7) is 0.0733. The van der Waals surface area contributed by atoms with E-state index in [0.29, 0.717) is 0 Å². The number of fused-ring (bicyclic) bond motifs is 1. The van der Waals surface area contributed by atoms with Crippen LogP contribution in [0, 0.1) is 11.8 Å². The van der Waals surface area contributed by atoms with E-state index < -0.39 is 42.8 Å². The number of ether oxygens (including phenoxy) is 3. The quantitative estimate of drug-likeness (QED) is 0.399. The first-order valence-corrected chi connectivity index (χ1v) is 7.54. The highest BCUT2D eigenvalue weighted by molar-refractivity contribution is 5.11. The van der Waals surface area contributed by atoms with Gasteiger partial charge in [-0.3, -0.25) is 0 Å². The van der Waals surface area contributed by atoms with Crippen molar-refractivity contribution >= 4 is 0 Å². The molecule has 0 aromatic rings. The molecule has 3 rings (SSSR count). The summed E-state index contributed by atoms with van der Waals surface area (Å²) >= 11 is 0. The van der Waals surface area contributed by atoms with Crippen LogP contribution in [0.4, 0.5) is 0 Å². The second-order valence-electron chi connectivity index (χ2n) is 6.39. The molecule has 0 amide bonds. The van der Waals surface area contributed by atoms with Gasteiger partial charge >= 0.3 is 0 Å². The zero-order valence-electron chi connectivity index (χ0n) is 12.6. The largest absolute Gasteiger partial charge is 0.472 e. The molecule has 1 aliphatic carbocycles. The van der Waals surface area contributed by atoms with E-state index in [4.69, 9.17) is 14.2 Å². The Kier molecular flexibility index (Phi) is 4.26. The molecule has 1 saturated heterocycles. The molecular weight excluding hydrogens is 308 g/mol. The summed E-state index contributed by atoms with van der Waals surface area (Å²) in [5.41, 5.74) is -2.27. The Balaban J connectivity index is 1.77. The van der Waals surface area contributed by atoms with Gasteiger partial charge in [0.05, 0.1) is 6.26 Å². The predicted octanol–water partition coefficient (Wildman–Crippen LogP) is -1.42. The molecule has 0 aromatic carbocycles. The van der Waals surface area contributed by atoms with Gasteiger partial charge in [0, 0.05) is 5.92 Å². The molecule has 5 N–H and O–H groups in total. The summed E-state index contributed by atoms with van der Waals surface area (Å²) < 4.78 is 16.1. The molecule has 1 unspecified atom stereocenters. The summed E-state index contributed by atoms with van der Waals surface area (Å²) in [6.07, 6.45) is 2.50. The predicted molar refractivity (Wildman–Crippen MR) is 75.4 cm³/mol. The first-order chi connectivity index (χ1) is 10.8. The monoisotopic (exact) mass is 330 g/mol. The Hall–Kier alpha value is -1.00. The van der Waals surface area contributed by atoms with Crippen LogP contribution in [0.1, 0.15) is 13.3 Å². The molecule has 0 saturated carbocycles. The maximum absolute atomic E-state index is 10.2. The molecule has 0 radical (unpaired) electrons. The van der Waals surface area contributed by atoms with E-state index in [1.807, 2.05) is 18.2 Å². The number of hydrogen-bond acceptors (Lipinski definition) is 8. The van der Waals surface area contributed by atoms with Crippen molar-refractivity contribution in [3.63, 3.8) is 0 Å². The standard InChI is InChI=1S/C15H22O8/c1-14(19)11(18)10(17)13(23-15(14,20)7-16)22-12-9-4-2-3-8(9)5-6-21-12/h2,4-6,8-13,16-20H,3,7H2,1H3/t8-,9+,10+,11+,12?,13-,14-,15+/m0/s1. The van der Waals surface area contributed by atoms with Crippen molar-refractivity contribution in [1.29, 1.82) is 0 Å². The second-order valence-corrected chi connectivity index (χ2v) is 6.39. The van der Waals surface area contributed by atoms with Crippen molar-refractivity contribution in [1.82, 2.24) is 0 Å². The van der Waals surface area contributed by atoms with Crippen molar-refractivity contribution in [3.8, 4) is 0 Å². The lowest BCUT2D eigenvalue weighted by atomic mass is 9.83. The van der Waals surface area contributed by atoms with Crippen molar-refractivity contribution in [3.05, 3.63) is 24.5 Å². The van der Waals surface area contributed by atoms with Gasteiger partial charge in [0.15, 0.2) is 6.29 Å². The first kappa shape index (κ1) is 16.8. The smallest absolute Gasteiger partial charge is 0.223 e. The summed E-state index contributed by atoms with van der Waals surface area (Å²) in [6, 6.07) is 0. The molecule has 0 bridgehead atoms. The molecule has 23 heavy (non-hydrogen) atoms. The minimum Gasteiger partial charge on any atom is -0.472 e. The fraction of sp³-hybridized carbons (Fsp3) is 0.733. The van der Waals surface area contributed by atoms with Gasteiger partial charge in [0.25, 0.3) is 0 Å². The van der Waals surface area contributed by atoms with Crippen LogP contribution in [0.5, 0.6) is 0 Å². The zero-order chi connectivity index (χ0) is 16.8. The number of aliphatic hydroxyl groups is 5. The molecule has 2 heterocycles. The average Bonchev–Trinajstić information content (AvgIpc) is 3.00. The minimum atomic E-state index is -2.48. The van der Waals surface area contributed by atoms with Crippen LogP contribution in [0.25, 0.3) is 0 Å². The Morgan fingerprint density at radius 2 is 1.96 bits per heavy atom.